The maximum atomic E-state index is 12.5. The highest BCUT2D eigenvalue weighted by Gasteiger charge is 2.28. The number of aliphatic carboxylic acids is 1. The zero-order valence-corrected chi connectivity index (χ0v) is 14.9. The lowest BCUT2D eigenvalue weighted by Gasteiger charge is -2.34. The van der Waals surface area contributed by atoms with Crippen LogP contribution in [0.2, 0.25) is 0 Å². The Morgan fingerprint density at radius 3 is 2.80 bits per heavy atom. The van der Waals surface area contributed by atoms with E-state index >= 15 is 0 Å². The third-order valence-corrected chi connectivity index (χ3v) is 3.82. The van der Waals surface area contributed by atoms with E-state index in [1.165, 1.54) is 6.08 Å². The molecule has 0 aromatic carbocycles. The number of rotatable bonds is 5. The number of aromatic nitrogens is 1. The largest absolute Gasteiger partial charge is 0.479 e. The fraction of sp³-hybridized carbons (Fsp3) is 0.500. The molecule has 2 unspecified atom stereocenters. The number of carboxylic acid groups (broad SMARTS) is 1. The monoisotopic (exact) mass is 346 g/mol. The zero-order chi connectivity index (χ0) is 18.4. The third-order valence-electron chi connectivity index (χ3n) is 3.82. The van der Waals surface area contributed by atoms with Gasteiger partial charge in [-0.1, -0.05) is 39.0 Å². The number of carbonyl (C=O) groups is 2. The molecule has 1 saturated heterocycles. The minimum atomic E-state index is -1.08. The highest BCUT2D eigenvalue weighted by atomic mass is 16.4. The van der Waals surface area contributed by atoms with Crippen LogP contribution in [0.1, 0.15) is 20.8 Å². The zero-order valence-electron chi connectivity index (χ0n) is 14.9. The van der Waals surface area contributed by atoms with Crippen LogP contribution in [0.15, 0.2) is 36.5 Å². The number of anilines is 1. The highest BCUT2D eigenvalue weighted by molar-refractivity contribution is 5.88. The van der Waals surface area contributed by atoms with Gasteiger partial charge in [-0.3, -0.25) is 4.79 Å². The number of carboxylic acids is 1. The van der Waals surface area contributed by atoms with Crippen molar-refractivity contribution in [2.45, 2.75) is 32.9 Å². The van der Waals surface area contributed by atoms with Crippen molar-refractivity contribution < 1.29 is 14.7 Å². The van der Waals surface area contributed by atoms with Gasteiger partial charge in [-0.25, -0.2) is 9.78 Å². The molecule has 7 heteroatoms. The van der Waals surface area contributed by atoms with Crippen LogP contribution in [-0.4, -0.2) is 53.7 Å². The molecule has 2 atom stereocenters. The van der Waals surface area contributed by atoms with E-state index in [9.17, 15) is 14.7 Å². The van der Waals surface area contributed by atoms with Crippen molar-refractivity contribution in [3.05, 3.63) is 36.5 Å². The van der Waals surface area contributed by atoms with Gasteiger partial charge >= 0.3 is 5.97 Å². The predicted octanol–water partition coefficient (Wildman–Crippen LogP) is 1.03. The first kappa shape index (κ1) is 18.9. The van der Waals surface area contributed by atoms with Gasteiger partial charge in [-0.05, 0) is 17.5 Å². The first-order valence-electron chi connectivity index (χ1n) is 8.38. The van der Waals surface area contributed by atoms with E-state index in [4.69, 9.17) is 0 Å². The van der Waals surface area contributed by atoms with Gasteiger partial charge in [0.05, 0.1) is 0 Å². The Balaban J connectivity index is 2.01. The summed E-state index contributed by atoms with van der Waals surface area (Å²) in [5, 5.41) is 15.1. The Bertz CT molecular complexity index is 625. The van der Waals surface area contributed by atoms with Gasteiger partial charge in [0.2, 0.25) is 5.91 Å². The number of pyridine rings is 1. The molecule has 7 nitrogen and oxygen atoms in total. The maximum Gasteiger partial charge on any atom is 0.330 e. The molecule has 0 spiro atoms. The van der Waals surface area contributed by atoms with Gasteiger partial charge in [0, 0.05) is 25.8 Å². The maximum absolute atomic E-state index is 12.5. The van der Waals surface area contributed by atoms with Crippen molar-refractivity contribution in [3.63, 3.8) is 0 Å². The predicted molar refractivity (Wildman–Crippen MR) is 96.4 cm³/mol. The van der Waals surface area contributed by atoms with Crippen molar-refractivity contribution in [2.75, 3.05) is 24.5 Å². The fourth-order valence-corrected chi connectivity index (χ4v) is 2.51. The summed E-state index contributed by atoms with van der Waals surface area (Å²) in [5.41, 5.74) is -0.155. The van der Waals surface area contributed by atoms with E-state index in [2.05, 4.69) is 15.6 Å². The number of hydrogen-bond acceptors (Lipinski definition) is 5. The molecular formula is C18H26N4O3. The third kappa shape index (κ3) is 5.86. The van der Waals surface area contributed by atoms with Crippen molar-refractivity contribution in [2.24, 2.45) is 5.41 Å². The number of allylic oxidation sites excluding steroid dienone is 1. The molecule has 3 N–H and O–H groups in total. The van der Waals surface area contributed by atoms with Crippen molar-refractivity contribution in [3.8, 4) is 0 Å². The van der Waals surface area contributed by atoms with Crippen LogP contribution < -0.4 is 15.5 Å². The van der Waals surface area contributed by atoms with E-state index in [1.54, 1.807) is 12.3 Å². The van der Waals surface area contributed by atoms with Crippen molar-refractivity contribution in [1.29, 1.82) is 0 Å². The summed E-state index contributed by atoms with van der Waals surface area (Å²) in [6.07, 6.45) is 5.03. The second-order valence-corrected chi connectivity index (χ2v) is 7.19. The summed E-state index contributed by atoms with van der Waals surface area (Å²) < 4.78 is 0. The van der Waals surface area contributed by atoms with Gasteiger partial charge in [-0.2, -0.15) is 0 Å². The molecule has 0 saturated carbocycles. The number of amides is 1. The number of carbonyl (C=O) groups excluding carboxylic acids is 1. The molecule has 0 aliphatic carbocycles. The smallest absolute Gasteiger partial charge is 0.330 e. The topological polar surface area (TPSA) is 94.6 Å². The minimum Gasteiger partial charge on any atom is -0.479 e. The van der Waals surface area contributed by atoms with Crippen molar-refractivity contribution in [1.82, 2.24) is 15.6 Å². The molecule has 0 bridgehead atoms. The lowest BCUT2D eigenvalue weighted by atomic mass is 9.95. The molecule has 1 aromatic rings. The molecule has 25 heavy (non-hydrogen) atoms. The Labute approximate surface area is 148 Å². The van der Waals surface area contributed by atoms with Crippen LogP contribution in [-0.2, 0) is 9.59 Å². The Kier molecular flexibility index (Phi) is 6.14. The molecule has 2 heterocycles. The highest BCUT2D eigenvalue weighted by Crippen LogP contribution is 2.15. The molecule has 1 aromatic heterocycles. The van der Waals surface area contributed by atoms with Crippen molar-refractivity contribution >= 4 is 17.7 Å². The second kappa shape index (κ2) is 8.11. The number of hydrogen-bond donors (Lipinski definition) is 3. The minimum absolute atomic E-state index is 0.155. The van der Waals surface area contributed by atoms with E-state index in [0.29, 0.717) is 13.1 Å². The molecular weight excluding hydrogens is 320 g/mol. The van der Waals surface area contributed by atoms with Gasteiger partial charge in [-0.15, -0.1) is 0 Å². The Hall–Kier alpha value is -2.41. The van der Waals surface area contributed by atoms with Crippen LogP contribution >= 0.6 is 0 Å². The second-order valence-electron chi connectivity index (χ2n) is 7.19. The Morgan fingerprint density at radius 2 is 2.20 bits per heavy atom. The first-order chi connectivity index (χ1) is 11.8. The normalized spacial score (nSPS) is 19.6. The van der Waals surface area contributed by atoms with Crippen LogP contribution in [0.5, 0.6) is 0 Å². The lowest BCUT2D eigenvalue weighted by molar-refractivity contribution is -0.140. The first-order valence-corrected chi connectivity index (χ1v) is 8.38. The molecule has 2 rings (SSSR count). The molecule has 1 amide bonds. The summed E-state index contributed by atoms with van der Waals surface area (Å²) in [5.74, 6) is -0.595. The number of nitrogens with zero attached hydrogens (tertiary/aromatic N) is 2. The quantitative estimate of drug-likeness (QED) is 0.690. The SMILES string of the molecule is CC(C)(C)/C=C/C(NC(=O)C1CN(c2ccccn2)CCN1)C(=O)O. The summed E-state index contributed by atoms with van der Waals surface area (Å²) in [4.78, 5) is 30.2. The molecule has 1 aliphatic rings. The molecule has 0 radical (unpaired) electrons. The summed E-state index contributed by atoms with van der Waals surface area (Å²) in [6.45, 7) is 7.72. The molecule has 136 valence electrons. The number of nitrogens with one attached hydrogen (secondary N) is 2. The standard InChI is InChI=1S/C18H26N4O3/c1-18(2,3)8-7-13(17(24)25)21-16(23)14-12-22(11-10-19-14)15-6-4-5-9-20-15/h4-9,13-14,19H,10-12H2,1-3H3,(H,21,23)(H,24,25)/b8-7+. The van der Waals surface area contributed by atoms with Gasteiger partial charge in [0.25, 0.3) is 0 Å². The average molecular weight is 346 g/mol. The van der Waals surface area contributed by atoms with Gasteiger partial charge in [0.1, 0.15) is 17.9 Å². The summed E-state index contributed by atoms with van der Waals surface area (Å²) in [6, 6.07) is 4.11. The van der Waals surface area contributed by atoms with Crippen LogP contribution in [0, 0.1) is 5.41 Å². The fourth-order valence-electron chi connectivity index (χ4n) is 2.51. The van der Waals surface area contributed by atoms with E-state index in [-0.39, 0.29) is 11.3 Å². The van der Waals surface area contributed by atoms with Crippen LogP contribution in [0.25, 0.3) is 0 Å². The molecule has 1 fully saturated rings. The van der Waals surface area contributed by atoms with Crippen LogP contribution in [0.3, 0.4) is 0 Å². The van der Waals surface area contributed by atoms with E-state index < -0.39 is 18.1 Å². The Morgan fingerprint density at radius 1 is 1.44 bits per heavy atom. The summed E-state index contributed by atoms with van der Waals surface area (Å²) >= 11 is 0. The molecule has 1 aliphatic heterocycles. The van der Waals surface area contributed by atoms with Crippen LogP contribution in [0.4, 0.5) is 5.82 Å². The van der Waals surface area contributed by atoms with Gasteiger partial charge in [0.15, 0.2) is 0 Å². The van der Waals surface area contributed by atoms with Gasteiger partial charge < -0.3 is 20.6 Å². The van der Waals surface area contributed by atoms with E-state index in [1.807, 2.05) is 43.9 Å². The summed E-state index contributed by atoms with van der Waals surface area (Å²) in [7, 11) is 0. The average Bonchev–Trinajstić information content (AvgIpc) is 2.58. The van der Waals surface area contributed by atoms with E-state index in [0.717, 1.165) is 12.4 Å². The lowest BCUT2D eigenvalue weighted by Crippen LogP contribution is -2.59. The number of piperazine rings is 1.